The van der Waals surface area contributed by atoms with Crippen molar-refractivity contribution in [2.45, 2.75) is 91.6 Å². The van der Waals surface area contributed by atoms with Crippen molar-refractivity contribution in [2.75, 3.05) is 6.61 Å². The van der Waals surface area contributed by atoms with E-state index in [1.54, 1.807) is 0 Å². The Labute approximate surface area is 135 Å². The summed E-state index contributed by atoms with van der Waals surface area (Å²) in [6.45, 7) is 8.52. The van der Waals surface area contributed by atoms with Crippen LogP contribution in [-0.2, 0) is 19.1 Å². The molecule has 0 aliphatic carbocycles. The lowest BCUT2D eigenvalue weighted by molar-refractivity contribution is -0.154. The molecule has 22 heavy (non-hydrogen) atoms. The molecule has 0 aromatic carbocycles. The second-order valence-electron chi connectivity index (χ2n) is 6.28. The summed E-state index contributed by atoms with van der Waals surface area (Å²) >= 11 is 0. The van der Waals surface area contributed by atoms with Gasteiger partial charge in [0, 0.05) is 0 Å². The average molecular weight is 314 g/mol. The molecule has 0 aliphatic rings. The fraction of sp³-hybridized carbons (Fsp3) is 0.889. The zero-order valence-electron chi connectivity index (χ0n) is 14.9. The summed E-state index contributed by atoms with van der Waals surface area (Å²) in [7, 11) is 0. The highest BCUT2D eigenvalue weighted by atomic mass is 16.5. The van der Waals surface area contributed by atoms with Gasteiger partial charge in [-0.3, -0.25) is 9.59 Å². The maximum absolute atomic E-state index is 11.5. The van der Waals surface area contributed by atoms with Gasteiger partial charge < -0.3 is 9.47 Å². The number of rotatable bonds is 13. The SMILES string of the molecule is CCCCCCCCCOC(=O)CCC(=O)OC(C)C(C)C. The van der Waals surface area contributed by atoms with Crippen LogP contribution < -0.4 is 0 Å². The van der Waals surface area contributed by atoms with E-state index in [-0.39, 0.29) is 36.8 Å². The van der Waals surface area contributed by atoms with E-state index >= 15 is 0 Å². The van der Waals surface area contributed by atoms with Crippen molar-refractivity contribution in [3.8, 4) is 0 Å². The maximum Gasteiger partial charge on any atom is 0.306 e. The molecule has 0 amide bonds. The van der Waals surface area contributed by atoms with E-state index in [4.69, 9.17) is 9.47 Å². The minimum atomic E-state index is -0.325. The number of hydrogen-bond acceptors (Lipinski definition) is 4. The van der Waals surface area contributed by atoms with Gasteiger partial charge in [0.05, 0.1) is 19.4 Å². The van der Waals surface area contributed by atoms with Crippen LogP contribution in [0.1, 0.15) is 85.5 Å². The van der Waals surface area contributed by atoms with E-state index in [2.05, 4.69) is 6.92 Å². The molecule has 0 saturated heterocycles. The van der Waals surface area contributed by atoms with Crippen LogP contribution in [0, 0.1) is 5.92 Å². The Morgan fingerprint density at radius 3 is 1.95 bits per heavy atom. The molecule has 4 heteroatoms. The first-order valence-corrected chi connectivity index (χ1v) is 8.82. The zero-order valence-corrected chi connectivity index (χ0v) is 14.9. The number of esters is 2. The van der Waals surface area contributed by atoms with E-state index in [1.165, 1.54) is 32.1 Å². The molecule has 4 nitrogen and oxygen atoms in total. The number of hydrogen-bond donors (Lipinski definition) is 0. The van der Waals surface area contributed by atoms with Crippen molar-refractivity contribution in [1.29, 1.82) is 0 Å². The number of carbonyl (C=O) groups is 2. The molecule has 0 N–H and O–H groups in total. The van der Waals surface area contributed by atoms with E-state index < -0.39 is 0 Å². The van der Waals surface area contributed by atoms with Gasteiger partial charge in [-0.2, -0.15) is 0 Å². The standard InChI is InChI=1S/C18H34O4/c1-5-6-7-8-9-10-11-14-21-17(19)12-13-18(20)22-16(4)15(2)3/h15-16H,5-14H2,1-4H3. The van der Waals surface area contributed by atoms with Crippen LogP contribution in [0.5, 0.6) is 0 Å². The van der Waals surface area contributed by atoms with Crippen molar-refractivity contribution < 1.29 is 19.1 Å². The van der Waals surface area contributed by atoms with Gasteiger partial charge in [-0.05, 0) is 19.3 Å². The average Bonchev–Trinajstić information content (AvgIpc) is 2.47. The number of carbonyl (C=O) groups excluding carboxylic acids is 2. The van der Waals surface area contributed by atoms with Crippen molar-refractivity contribution in [3.05, 3.63) is 0 Å². The smallest absolute Gasteiger partial charge is 0.306 e. The molecular formula is C18H34O4. The third-order valence-electron chi connectivity index (χ3n) is 3.80. The van der Waals surface area contributed by atoms with E-state index in [0.717, 1.165) is 12.8 Å². The number of unbranched alkanes of at least 4 members (excludes halogenated alkanes) is 6. The van der Waals surface area contributed by atoms with Gasteiger partial charge in [-0.1, -0.05) is 59.3 Å². The normalized spacial score (nSPS) is 12.2. The molecular weight excluding hydrogens is 280 g/mol. The molecule has 1 atom stereocenters. The van der Waals surface area contributed by atoms with Crippen LogP contribution in [0.2, 0.25) is 0 Å². The fourth-order valence-corrected chi connectivity index (χ4v) is 1.92. The summed E-state index contributed by atoms with van der Waals surface area (Å²) in [4.78, 5) is 23.0. The summed E-state index contributed by atoms with van der Waals surface area (Å²) in [6, 6.07) is 0. The number of ether oxygens (including phenoxy) is 2. The molecule has 0 spiro atoms. The first-order chi connectivity index (χ1) is 10.5. The first kappa shape index (κ1) is 20.9. The minimum Gasteiger partial charge on any atom is -0.466 e. The van der Waals surface area contributed by atoms with Crippen LogP contribution in [-0.4, -0.2) is 24.6 Å². The topological polar surface area (TPSA) is 52.6 Å². The molecule has 0 aromatic rings. The minimum absolute atomic E-state index is 0.104. The third-order valence-corrected chi connectivity index (χ3v) is 3.80. The molecule has 0 heterocycles. The Kier molecular flexibility index (Phi) is 12.9. The summed E-state index contributed by atoms with van der Waals surface area (Å²) in [5.41, 5.74) is 0. The van der Waals surface area contributed by atoms with Gasteiger partial charge in [0.1, 0.15) is 6.10 Å². The van der Waals surface area contributed by atoms with E-state index in [0.29, 0.717) is 6.61 Å². The monoisotopic (exact) mass is 314 g/mol. The van der Waals surface area contributed by atoms with E-state index in [1.807, 2.05) is 20.8 Å². The lowest BCUT2D eigenvalue weighted by atomic mass is 10.1. The predicted molar refractivity (Wildman–Crippen MR) is 88.6 cm³/mol. The van der Waals surface area contributed by atoms with Crippen molar-refractivity contribution >= 4 is 11.9 Å². The van der Waals surface area contributed by atoms with E-state index in [9.17, 15) is 9.59 Å². The van der Waals surface area contributed by atoms with Gasteiger partial charge in [0.15, 0.2) is 0 Å². The van der Waals surface area contributed by atoms with Crippen LogP contribution in [0.3, 0.4) is 0 Å². The van der Waals surface area contributed by atoms with Crippen LogP contribution in [0.4, 0.5) is 0 Å². The third kappa shape index (κ3) is 12.7. The highest BCUT2D eigenvalue weighted by Crippen LogP contribution is 2.09. The first-order valence-electron chi connectivity index (χ1n) is 8.82. The van der Waals surface area contributed by atoms with Crippen LogP contribution >= 0.6 is 0 Å². The van der Waals surface area contributed by atoms with Gasteiger partial charge >= 0.3 is 11.9 Å². The molecule has 0 aromatic heterocycles. The Morgan fingerprint density at radius 1 is 0.818 bits per heavy atom. The predicted octanol–water partition coefficient (Wildman–Crippen LogP) is 4.65. The molecule has 0 saturated carbocycles. The highest BCUT2D eigenvalue weighted by molar-refractivity contribution is 5.77. The maximum atomic E-state index is 11.5. The molecule has 0 fully saturated rings. The van der Waals surface area contributed by atoms with Crippen LogP contribution in [0.15, 0.2) is 0 Å². The highest BCUT2D eigenvalue weighted by Gasteiger charge is 2.14. The Balaban J connectivity index is 3.48. The lowest BCUT2D eigenvalue weighted by Gasteiger charge is -2.16. The van der Waals surface area contributed by atoms with Gasteiger partial charge in [0.2, 0.25) is 0 Å². The zero-order chi connectivity index (χ0) is 16.8. The Hall–Kier alpha value is -1.06. The van der Waals surface area contributed by atoms with Crippen molar-refractivity contribution in [1.82, 2.24) is 0 Å². The molecule has 0 aliphatic heterocycles. The van der Waals surface area contributed by atoms with Crippen molar-refractivity contribution in [2.24, 2.45) is 5.92 Å². The summed E-state index contributed by atoms with van der Waals surface area (Å²) in [6.07, 6.45) is 8.45. The Morgan fingerprint density at radius 2 is 1.36 bits per heavy atom. The van der Waals surface area contributed by atoms with Crippen LogP contribution in [0.25, 0.3) is 0 Å². The molecule has 0 bridgehead atoms. The molecule has 0 radical (unpaired) electrons. The molecule has 130 valence electrons. The largest absolute Gasteiger partial charge is 0.466 e. The summed E-state index contributed by atoms with van der Waals surface area (Å²) in [5, 5.41) is 0. The van der Waals surface area contributed by atoms with Crippen molar-refractivity contribution in [3.63, 3.8) is 0 Å². The fourth-order valence-electron chi connectivity index (χ4n) is 1.92. The second-order valence-corrected chi connectivity index (χ2v) is 6.28. The van der Waals surface area contributed by atoms with Gasteiger partial charge in [0.25, 0.3) is 0 Å². The molecule has 1 unspecified atom stereocenters. The summed E-state index contributed by atoms with van der Waals surface area (Å²) < 4.78 is 10.3. The second kappa shape index (κ2) is 13.6. The Bertz CT molecular complexity index is 299. The van der Waals surface area contributed by atoms with Gasteiger partial charge in [-0.15, -0.1) is 0 Å². The lowest BCUT2D eigenvalue weighted by Crippen LogP contribution is -2.20. The molecule has 0 rings (SSSR count). The quantitative estimate of drug-likeness (QED) is 0.367. The van der Waals surface area contributed by atoms with Gasteiger partial charge in [-0.25, -0.2) is 0 Å². The summed E-state index contributed by atoms with van der Waals surface area (Å²) in [5.74, 6) is -0.345.